The van der Waals surface area contributed by atoms with Gasteiger partial charge in [-0.05, 0) is 12.1 Å². The van der Waals surface area contributed by atoms with E-state index in [1.807, 2.05) is 0 Å². The topological polar surface area (TPSA) is 49.7 Å². The number of rotatable bonds is 2. The van der Waals surface area contributed by atoms with Crippen LogP contribution in [0, 0.1) is 5.82 Å². The third-order valence-electron chi connectivity index (χ3n) is 1.50. The highest BCUT2D eigenvalue weighted by Gasteiger charge is 2.34. The van der Waals surface area contributed by atoms with Gasteiger partial charge in [-0.15, -0.1) is 13.2 Å². The molecule has 1 aromatic rings. The quantitative estimate of drug-likeness (QED) is 0.564. The van der Waals surface area contributed by atoms with Crippen molar-refractivity contribution in [3.63, 3.8) is 0 Å². The number of ether oxygens (including phenoxy) is 1. The fraction of sp³-hybridized carbons (Fsp3) is 0.143. The second kappa shape index (κ2) is 4.07. The maximum Gasteiger partial charge on any atom is 0.573 e. The van der Waals surface area contributed by atoms with Gasteiger partial charge in [0, 0.05) is 0 Å². The summed E-state index contributed by atoms with van der Waals surface area (Å²) in [6.45, 7) is 0. The second-order valence-corrected chi connectivity index (χ2v) is 2.57. The van der Waals surface area contributed by atoms with Gasteiger partial charge in [0.2, 0.25) is 0 Å². The summed E-state index contributed by atoms with van der Waals surface area (Å²) in [5.74, 6) is -2.16. The van der Waals surface area contributed by atoms with Crippen LogP contribution in [-0.4, -0.2) is 23.5 Å². The van der Waals surface area contributed by atoms with Gasteiger partial charge in [-0.25, -0.2) is 4.39 Å². The summed E-state index contributed by atoms with van der Waals surface area (Å²) >= 11 is 0. The molecule has 15 heavy (non-hydrogen) atoms. The monoisotopic (exact) mass is 224 g/mol. The molecule has 0 fully saturated rings. The maximum atomic E-state index is 12.9. The van der Waals surface area contributed by atoms with Crippen molar-refractivity contribution >= 4 is 12.6 Å². The molecule has 1 aromatic carbocycles. The van der Waals surface area contributed by atoms with E-state index in [1.165, 1.54) is 0 Å². The summed E-state index contributed by atoms with van der Waals surface area (Å²) in [5.41, 5.74) is -0.949. The summed E-state index contributed by atoms with van der Waals surface area (Å²) in [4.78, 5) is 0. The van der Waals surface area contributed by atoms with Gasteiger partial charge < -0.3 is 14.8 Å². The molecule has 0 heterocycles. The molecule has 2 N–H and O–H groups in total. The summed E-state index contributed by atoms with van der Waals surface area (Å²) in [6, 6.07) is 2.53. The van der Waals surface area contributed by atoms with Gasteiger partial charge in [0.1, 0.15) is 11.6 Å². The Balaban J connectivity index is 3.12. The van der Waals surface area contributed by atoms with E-state index >= 15 is 0 Å². The lowest BCUT2D eigenvalue weighted by Gasteiger charge is -2.12. The van der Waals surface area contributed by atoms with Gasteiger partial charge in [-0.2, -0.15) is 0 Å². The Labute approximate surface area is 82.1 Å². The number of hydrogen-bond donors (Lipinski definition) is 2. The Morgan fingerprint density at radius 2 is 1.80 bits per heavy atom. The molecule has 0 aliphatic heterocycles. The third kappa shape index (κ3) is 3.10. The fourth-order valence-corrected chi connectivity index (χ4v) is 0.981. The summed E-state index contributed by atoms with van der Waals surface area (Å²) in [6.07, 6.45) is -5.02. The number of hydrogen-bond acceptors (Lipinski definition) is 3. The zero-order valence-electron chi connectivity index (χ0n) is 7.12. The van der Waals surface area contributed by atoms with Gasteiger partial charge in [-0.1, -0.05) is 6.07 Å². The first kappa shape index (κ1) is 11.8. The number of alkyl halides is 3. The van der Waals surface area contributed by atoms with E-state index in [9.17, 15) is 17.6 Å². The van der Waals surface area contributed by atoms with Crippen LogP contribution in [0.1, 0.15) is 0 Å². The molecule has 0 aromatic heterocycles. The first-order valence-electron chi connectivity index (χ1n) is 3.71. The van der Waals surface area contributed by atoms with Crippen LogP contribution in [0.4, 0.5) is 17.6 Å². The standard InChI is InChI=1S/C7H5BF4O3/c9-4-2-1-3-5(6(4)8(13)14)15-7(10,11)12/h1-3,13-14H. The van der Waals surface area contributed by atoms with Gasteiger partial charge in [-0.3, -0.25) is 0 Å². The molecule has 0 aliphatic rings. The highest BCUT2D eigenvalue weighted by atomic mass is 19.4. The molecule has 0 atom stereocenters. The molecule has 1 rings (SSSR count). The number of halogens is 4. The molecule has 8 heteroatoms. The molecule has 0 amide bonds. The van der Waals surface area contributed by atoms with E-state index in [0.717, 1.165) is 18.2 Å². The summed E-state index contributed by atoms with van der Waals surface area (Å²) < 4.78 is 51.7. The number of benzene rings is 1. The lowest BCUT2D eigenvalue weighted by Crippen LogP contribution is -2.36. The Kier molecular flexibility index (Phi) is 3.20. The van der Waals surface area contributed by atoms with E-state index in [1.54, 1.807) is 0 Å². The fourth-order valence-electron chi connectivity index (χ4n) is 0.981. The first-order valence-corrected chi connectivity index (χ1v) is 3.71. The zero-order valence-corrected chi connectivity index (χ0v) is 7.12. The Bertz CT molecular complexity index is 353. The van der Waals surface area contributed by atoms with Crippen LogP contribution in [0.5, 0.6) is 5.75 Å². The van der Waals surface area contributed by atoms with Crippen molar-refractivity contribution in [3.05, 3.63) is 24.0 Å². The van der Waals surface area contributed by atoms with Gasteiger partial charge in [0.25, 0.3) is 0 Å². The van der Waals surface area contributed by atoms with Crippen LogP contribution >= 0.6 is 0 Å². The van der Waals surface area contributed by atoms with Crippen LogP contribution < -0.4 is 10.2 Å². The summed E-state index contributed by atoms with van der Waals surface area (Å²) in [5, 5.41) is 17.3. The van der Waals surface area contributed by atoms with Crippen LogP contribution in [0.3, 0.4) is 0 Å². The average Bonchev–Trinajstić information content (AvgIpc) is 1.99. The molecule has 0 unspecified atom stereocenters. The summed E-state index contributed by atoms with van der Waals surface area (Å²) in [7, 11) is -2.37. The normalized spacial score (nSPS) is 11.3. The van der Waals surface area contributed by atoms with Crippen LogP contribution in [0.2, 0.25) is 0 Å². The minimum atomic E-state index is -5.02. The van der Waals surface area contributed by atoms with Crippen molar-refractivity contribution in [2.75, 3.05) is 0 Å². The Morgan fingerprint density at radius 3 is 2.27 bits per heavy atom. The molecule has 0 aliphatic carbocycles. The third-order valence-corrected chi connectivity index (χ3v) is 1.50. The second-order valence-electron chi connectivity index (χ2n) is 2.57. The van der Waals surface area contributed by atoms with Crippen molar-refractivity contribution in [2.24, 2.45) is 0 Å². The predicted octanol–water partition coefficient (Wildman–Crippen LogP) is 0.404. The molecule has 0 saturated carbocycles. The molecular weight excluding hydrogens is 219 g/mol. The lowest BCUT2D eigenvalue weighted by atomic mass is 9.79. The minimum absolute atomic E-state index is 0.783. The van der Waals surface area contributed by atoms with Crippen LogP contribution in [0.25, 0.3) is 0 Å². The molecule has 82 valence electrons. The van der Waals surface area contributed by atoms with Crippen molar-refractivity contribution < 1.29 is 32.3 Å². The maximum absolute atomic E-state index is 12.9. The molecular formula is C7H5BF4O3. The largest absolute Gasteiger partial charge is 0.573 e. The van der Waals surface area contributed by atoms with Crippen molar-refractivity contribution in [2.45, 2.75) is 6.36 Å². The highest BCUT2D eigenvalue weighted by Crippen LogP contribution is 2.21. The van der Waals surface area contributed by atoms with Gasteiger partial charge in [0.05, 0.1) is 5.46 Å². The average molecular weight is 224 g/mol. The predicted molar refractivity (Wildman–Crippen MR) is 42.9 cm³/mol. The van der Waals surface area contributed by atoms with E-state index in [0.29, 0.717) is 0 Å². The Hall–Kier alpha value is -1.28. The lowest BCUT2D eigenvalue weighted by molar-refractivity contribution is -0.274. The van der Waals surface area contributed by atoms with Gasteiger partial charge in [0.15, 0.2) is 0 Å². The van der Waals surface area contributed by atoms with Crippen molar-refractivity contribution in [1.82, 2.24) is 0 Å². The van der Waals surface area contributed by atoms with Crippen LogP contribution in [-0.2, 0) is 0 Å². The molecule has 0 radical (unpaired) electrons. The molecule has 0 bridgehead atoms. The van der Waals surface area contributed by atoms with E-state index in [-0.39, 0.29) is 0 Å². The van der Waals surface area contributed by atoms with Gasteiger partial charge >= 0.3 is 13.5 Å². The minimum Gasteiger partial charge on any atom is -0.423 e. The first-order chi connectivity index (χ1) is 6.81. The zero-order chi connectivity index (χ0) is 11.6. The SMILES string of the molecule is OB(O)c1c(F)cccc1OC(F)(F)F. The van der Waals surface area contributed by atoms with Crippen LogP contribution in [0.15, 0.2) is 18.2 Å². The van der Waals surface area contributed by atoms with E-state index in [4.69, 9.17) is 10.0 Å². The molecule has 3 nitrogen and oxygen atoms in total. The van der Waals surface area contributed by atoms with Crippen molar-refractivity contribution in [1.29, 1.82) is 0 Å². The smallest absolute Gasteiger partial charge is 0.423 e. The highest BCUT2D eigenvalue weighted by molar-refractivity contribution is 6.59. The van der Waals surface area contributed by atoms with Crippen molar-refractivity contribution in [3.8, 4) is 5.75 Å². The van der Waals surface area contributed by atoms with E-state index < -0.39 is 30.5 Å². The molecule has 0 spiro atoms. The molecule has 0 saturated heterocycles. The Morgan fingerprint density at radius 1 is 1.20 bits per heavy atom. The van der Waals surface area contributed by atoms with E-state index in [2.05, 4.69) is 4.74 Å².